The molecule has 0 aromatic heterocycles. The predicted octanol–water partition coefficient (Wildman–Crippen LogP) is 0.381. The van der Waals surface area contributed by atoms with E-state index in [-0.39, 0.29) is 35.4 Å². The number of piperidine rings is 1. The first-order valence-corrected chi connectivity index (χ1v) is 8.76. The van der Waals surface area contributed by atoms with Gasteiger partial charge in [-0.05, 0) is 43.9 Å². The first kappa shape index (κ1) is 16.7. The first-order valence-electron chi connectivity index (χ1n) is 8.76. The van der Waals surface area contributed by atoms with Crippen LogP contribution in [0.15, 0.2) is 18.2 Å². The van der Waals surface area contributed by atoms with Gasteiger partial charge < -0.3 is 11.1 Å². The van der Waals surface area contributed by atoms with Crippen LogP contribution in [0.1, 0.15) is 52.8 Å². The minimum atomic E-state index is -0.941. The van der Waals surface area contributed by atoms with E-state index in [1.165, 1.54) is 0 Å². The molecule has 1 atom stereocenters. The Labute approximate surface area is 150 Å². The second-order valence-electron chi connectivity index (χ2n) is 7.25. The van der Waals surface area contributed by atoms with Gasteiger partial charge in [-0.25, -0.2) is 0 Å². The Morgan fingerprint density at radius 1 is 1.15 bits per heavy atom. The summed E-state index contributed by atoms with van der Waals surface area (Å²) in [6.07, 6.45) is 3.18. The van der Waals surface area contributed by atoms with Gasteiger partial charge in [0.1, 0.15) is 6.04 Å². The topological polar surface area (TPSA) is 122 Å². The largest absolute Gasteiger partial charge is 0.385 e. The molecule has 2 aliphatic heterocycles. The van der Waals surface area contributed by atoms with Gasteiger partial charge in [-0.3, -0.25) is 29.4 Å². The Balaban J connectivity index is 1.50. The number of carbonyl (C=O) groups excluding carboxylic acids is 4. The fraction of sp³-hybridized carbons (Fsp3) is 0.444. The van der Waals surface area contributed by atoms with Crippen LogP contribution in [-0.2, 0) is 9.59 Å². The SMILES string of the molecule is NC1(CCNc2ccc3c(c2)C(=O)N(C2CCC(=O)NC2=O)C3=O)CC1. The van der Waals surface area contributed by atoms with E-state index in [1.807, 2.05) is 0 Å². The summed E-state index contributed by atoms with van der Waals surface area (Å²) in [6, 6.07) is 4.04. The van der Waals surface area contributed by atoms with E-state index in [0.717, 1.165) is 29.8 Å². The van der Waals surface area contributed by atoms with E-state index >= 15 is 0 Å². The van der Waals surface area contributed by atoms with Crippen molar-refractivity contribution in [3.63, 3.8) is 0 Å². The number of benzene rings is 1. The summed E-state index contributed by atoms with van der Waals surface area (Å²) in [5.74, 6) is -1.99. The van der Waals surface area contributed by atoms with Crippen LogP contribution in [0, 0.1) is 0 Å². The van der Waals surface area contributed by atoms with Gasteiger partial charge in [-0.1, -0.05) is 0 Å². The lowest BCUT2D eigenvalue weighted by molar-refractivity contribution is -0.136. The normalized spacial score (nSPS) is 23.7. The molecule has 2 fully saturated rings. The molecule has 1 saturated carbocycles. The van der Waals surface area contributed by atoms with E-state index in [0.29, 0.717) is 6.54 Å². The predicted molar refractivity (Wildman–Crippen MR) is 92.4 cm³/mol. The van der Waals surface area contributed by atoms with Gasteiger partial charge >= 0.3 is 0 Å². The lowest BCUT2D eigenvalue weighted by Crippen LogP contribution is -2.54. The van der Waals surface area contributed by atoms with Crippen molar-refractivity contribution in [3.05, 3.63) is 29.3 Å². The molecule has 0 bridgehead atoms. The molecule has 8 heteroatoms. The highest BCUT2D eigenvalue weighted by Gasteiger charge is 2.44. The molecule has 8 nitrogen and oxygen atoms in total. The van der Waals surface area contributed by atoms with Crippen LogP contribution in [-0.4, -0.2) is 46.7 Å². The summed E-state index contributed by atoms with van der Waals surface area (Å²) >= 11 is 0. The summed E-state index contributed by atoms with van der Waals surface area (Å²) in [6.45, 7) is 0.689. The Morgan fingerprint density at radius 3 is 2.58 bits per heavy atom. The third-order valence-electron chi connectivity index (χ3n) is 5.28. The highest BCUT2D eigenvalue weighted by molar-refractivity contribution is 6.23. The van der Waals surface area contributed by atoms with Crippen LogP contribution in [0.5, 0.6) is 0 Å². The fourth-order valence-electron chi connectivity index (χ4n) is 3.45. The molecule has 2 heterocycles. The molecule has 0 radical (unpaired) electrons. The van der Waals surface area contributed by atoms with Crippen molar-refractivity contribution in [1.82, 2.24) is 10.2 Å². The van der Waals surface area contributed by atoms with Gasteiger partial charge in [0, 0.05) is 24.2 Å². The number of rotatable bonds is 5. The maximum atomic E-state index is 12.7. The molecular weight excluding hydrogens is 336 g/mol. The number of fused-ring (bicyclic) bond motifs is 1. The fourth-order valence-corrected chi connectivity index (χ4v) is 3.45. The number of imide groups is 2. The van der Waals surface area contributed by atoms with E-state index < -0.39 is 23.8 Å². The molecule has 26 heavy (non-hydrogen) atoms. The Kier molecular flexibility index (Phi) is 3.80. The summed E-state index contributed by atoms with van der Waals surface area (Å²) in [5, 5.41) is 5.41. The highest BCUT2D eigenvalue weighted by atomic mass is 16.2. The minimum absolute atomic E-state index is 0.0574. The van der Waals surface area contributed by atoms with Crippen molar-refractivity contribution in [2.45, 2.75) is 43.7 Å². The number of hydrogen-bond donors (Lipinski definition) is 3. The van der Waals surface area contributed by atoms with Gasteiger partial charge in [0.25, 0.3) is 11.8 Å². The average Bonchev–Trinajstić information content (AvgIpc) is 3.28. The standard InChI is InChI=1S/C18H20N4O4/c19-18(5-6-18)7-8-20-10-1-2-11-12(9-10)17(26)22(16(11)25)13-3-4-14(23)21-15(13)24/h1-2,9,13,20H,3-8,19H2,(H,21,23,24). The molecule has 0 spiro atoms. The third-order valence-corrected chi connectivity index (χ3v) is 5.28. The summed E-state index contributed by atoms with van der Waals surface area (Å²) < 4.78 is 0. The van der Waals surface area contributed by atoms with E-state index in [2.05, 4.69) is 10.6 Å². The van der Waals surface area contributed by atoms with Crippen LogP contribution in [0.4, 0.5) is 5.69 Å². The number of carbonyl (C=O) groups is 4. The van der Waals surface area contributed by atoms with Crippen LogP contribution >= 0.6 is 0 Å². The summed E-state index contributed by atoms with van der Waals surface area (Å²) in [4.78, 5) is 49.6. The summed E-state index contributed by atoms with van der Waals surface area (Å²) in [7, 11) is 0. The van der Waals surface area contributed by atoms with Crippen LogP contribution in [0.2, 0.25) is 0 Å². The molecule has 1 aromatic carbocycles. The zero-order chi connectivity index (χ0) is 18.5. The molecule has 1 aliphatic carbocycles. The van der Waals surface area contributed by atoms with E-state index in [9.17, 15) is 19.2 Å². The molecule has 1 unspecified atom stereocenters. The minimum Gasteiger partial charge on any atom is -0.385 e. The molecule has 4 amide bonds. The van der Waals surface area contributed by atoms with Crippen molar-refractivity contribution in [1.29, 1.82) is 0 Å². The third kappa shape index (κ3) is 2.86. The van der Waals surface area contributed by atoms with Crippen molar-refractivity contribution in [2.24, 2.45) is 5.73 Å². The second kappa shape index (κ2) is 5.91. The van der Waals surface area contributed by atoms with E-state index in [1.54, 1.807) is 18.2 Å². The monoisotopic (exact) mass is 356 g/mol. The van der Waals surface area contributed by atoms with Crippen molar-refractivity contribution >= 4 is 29.3 Å². The Hall–Kier alpha value is -2.74. The first-order chi connectivity index (χ1) is 12.4. The number of nitrogens with zero attached hydrogens (tertiary/aromatic N) is 1. The summed E-state index contributed by atoms with van der Waals surface area (Å²) in [5.41, 5.74) is 7.29. The van der Waals surface area contributed by atoms with Gasteiger partial charge in [-0.15, -0.1) is 0 Å². The lowest BCUT2D eigenvalue weighted by Gasteiger charge is -2.27. The molecule has 3 aliphatic rings. The Morgan fingerprint density at radius 2 is 1.88 bits per heavy atom. The molecule has 1 aromatic rings. The number of nitrogens with two attached hydrogens (primary N) is 1. The quantitative estimate of drug-likeness (QED) is 0.656. The molecule has 4 N–H and O–H groups in total. The number of hydrogen-bond acceptors (Lipinski definition) is 6. The molecule has 1 saturated heterocycles. The molecule has 136 valence electrons. The van der Waals surface area contributed by atoms with Gasteiger partial charge in [0.2, 0.25) is 11.8 Å². The van der Waals surface area contributed by atoms with Crippen molar-refractivity contribution < 1.29 is 19.2 Å². The maximum Gasteiger partial charge on any atom is 0.262 e. The number of anilines is 1. The highest BCUT2D eigenvalue weighted by Crippen LogP contribution is 2.35. The second-order valence-corrected chi connectivity index (χ2v) is 7.25. The van der Waals surface area contributed by atoms with Gasteiger partial charge in [-0.2, -0.15) is 0 Å². The van der Waals surface area contributed by atoms with Gasteiger partial charge in [0.05, 0.1) is 11.1 Å². The van der Waals surface area contributed by atoms with Crippen LogP contribution in [0.3, 0.4) is 0 Å². The number of amides is 4. The van der Waals surface area contributed by atoms with Gasteiger partial charge in [0.15, 0.2) is 0 Å². The van der Waals surface area contributed by atoms with Crippen molar-refractivity contribution in [3.8, 4) is 0 Å². The van der Waals surface area contributed by atoms with Crippen LogP contribution < -0.4 is 16.4 Å². The zero-order valence-corrected chi connectivity index (χ0v) is 14.2. The van der Waals surface area contributed by atoms with Crippen LogP contribution in [0.25, 0.3) is 0 Å². The lowest BCUT2D eigenvalue weighted by atomic mass is 10.0. The average molecular weight is 356 g/mol. The zero-order valence-electron chi connectivity index (χ0n) is 14.2. The van der Waals surface area contributed by atoms with E-state index in [4.69, 9.17) is 5.73 Å². The molecule has 4 rings (SSSR count). The molecular formula is C18H20N4O4. The number of nitrogens with one attached hydrogen (secondary N) is 2. The smallest absolute Gasteiger partial charge is 0.262 e. The maximum absolute atomic E-state index is 12.7. The Bertz CT molecular complexity index is 830. The van der Waals surface area contributed by atoms with Crippen molar-refractivity contribution in [2.75, 3.05) is 11.9 Å².